The zero-order valence-electron chi connectivity index (χ0n) is 9.19. The summed E-state index contributed by atoms with van der Waals surface area (Å²) >= 11 is 6.18. The highest BCUT2D eigenvalue weighted by Gasteiger charge is 2.13. The Morgan fingerprint density at radius 3 is 2.59 bits per heavy atom. The number of hydrogen-bond acceptors (Lipinski definition) is 3. The fourth-order valence-corrected chi connectivity index (χ4v) is 2.18. The maximum atomic E-state index is 6.18. The molecule has 0 bridgehead atoms. The van der Waals surface area contributed by atoms with Gasteiger partial charge in [0, 0.05) is 0 Å². The van der Waals surface area contributed by atoms with Gasteiger partial charge in [-0.25, -0.2) is 9.97 Å². The molecule has 1 aliphatic heterocycles. The van der Waals surface area contributed by atoms with Crippen molar-refractivity contribution in [1.29, 1.82) is 0 Å². The minimum Gasteiger partial charge on any atom is -0.377 e. The molecule has 0 aliphatic carbocycles. The van der Waals surface area contributed by atoms with Gasteiger partial charge < -0.3 is 4.74 Å². The molecule has 0 fully saturated rings. The molecule has 0 spiro atoms. The predicted octanol–water partition coefficient (Wildman–Crippen LogP) is 3.09. The Kier molecular flexibility index (Phi) is 2.79. The van der Waals surface area contributed by atoms with Gasteiger partial charge in [0.25, 0.3) is 0 Å². The molecule has 0 saturated heterocycles. The molecule has 17 heavy (non-hydrogen) atoms. The van der Waals surface area contributed by atoms with Crippen molar-refractivity contribution in [2.75, 3.05) is 13.2 Å². The summed E-state index contributed by atoms with van der Waals surface area (Å²) in [5.74, 6) is 0. The van der Waals surface area contributed by atoms with E-state index in [1.807, 2.05) is 30.3 Å². The van der Waals surface area contributed by atoms with Crippen LogP contribution >= 0.6 is 11.6 Å². The van der Waals surface area contributed by atoms with Gasteiger partial charge in [0.1, 0.15) is 5.69 Å². The van der Waals surface area contributed by atoms with Crippen molar-refractivity contribution in [3.05, 3.63) is 41.2 Å². The van der Waals surface area contributed by atoms with Crippen molar-refractivity contribution >= 4 is 28.2 Å². The Hall–Kier alpha value is -1.45. The lowest BCUT2D eigenvalue weighted by atomic mass is 10.1. The van der Waals surface area contributed by atoms with Crippen LogP contribution in [0.4, 0.5) is 0 Å². The van der Waals surface area contributed by atoms with Gasteiger partial charge in [0.2, 0.25) is 0 Å². The SMILES string of the molecule is Clc1nc2ccccc2nc1C1=CCOCC1. The Labute approximate surface area is 104 Å². The first-order chi connectivity index (χ1) is 8.34. The second-order valence-corrected chi connectivity index (χ2v) is 4.26. The van der Waals surface area contributed by atoms with E-state index in [1.54, 1.807) is 0 Å². The van der Waals surface area contributed by atoms with Gasteiger partial charge in [-0.05, 0) is 24.1 Å². The van der Waals surface area contributed by atoms with Crippen LogP contribution in [0, 0.1) is 0 Å². The van der Waals surface area contributed by atoms with Crippen LogP contribution in [-0.4, -0.2) is 23.2 Å². The molecule has 1 aliphatic rings. The molecule has 0 radical (unpaired) electrons. The quantitative estimate of drug-likeness (QED) is 0.776. The van der Waals surface area contributed by atoms with Crippen LogP contribution in [0.3, 0.4) is 0 Å². The number of fused-ring (bicyclic) bond motifs is 1. The van der Waals surface area contributed by atoms with Crippen molar-refractivity contribution in [2.24, 2.45) is 0 Å². The second-order valence-electron chi connectivity index (χ2n) is 3.91. The lowest BCUT2D eigenvalue weighted by Gasteiger charge is -2.14. The van der Waals surface area contributed by atoms with Gasteiger partial charge in [0.15, 0.2) is 5.15 Å². The number of benzene rings is 1. The highest BCUT2D eigenvalue weighted by molar-refractivity contribution is 6.31. The molecular formula is C13H11ClN2O. The molecule has 86 valence electrons. The highest BCUT2D eigenvalue weighted by atomic mass is 35.5. The first-order valence-electron chi connectivity index (χ1n) is 5.54. The summed E-state index contributed by atoms with van der Waals surface area (Å²) < 4.78 is 5.28. The molecular weight excluding hydrogens is 236 g/mol. The van der Waals surface area contributed by atoms with Crippen LogP contribution < -0.4 is 0 Å². The number of ether oxygens (including phenoxy) is 1. The van der Waals surface area contributed by atoms with Gasteiger partial charge in [-0.3, -0.25) is 0 Å². The zero-order chi connectivity index (χ0) is 11.7. The molecule has 4 heteroatoms. The summed E-state index contributed by atoms with van der Waals surface area (Å²) in [6.45, 7) is 1.34. The molecule has 0 amide bonds. The maximum absolute atomic E-state index is 6.18. The van der Waals surface area contributed by atoms with Gasteiger partial charge in [0.05, 0.1) is 24.2 Å². The van der Waals surface area contributed by atoms with Crippen molar-refractivity contribution in [2.45, 2.75) is 6.42 Å². The Bertz CT molecular complexity index is 595. The largest absolute Gasteiger partial charge is 0.377 e. The number of para-hydroxylation sites is 2. The van der Waals surface area contributed by atoms with Crippen molar-refractivity contribution < 1.29 is 4.74 Å². The topological polar surface area (TPSA) is 35.0 Å². The van der Waals surface area contributed by atoms with Gasteiger partial charge >= 0.3 is 0 Å². The first-order valence-corrected chi connectivity index (χ1v) is 5.92. The first kappa shape index (κ1) is 10.7. The highest BCUT2D eigenvalue weighted by Crippen LogP contribution is 2.26. The van der Waals surface area contributed by atoms with E-state index in [0.29, 0.717) is 11.8 Å². The maximum Gasteiger partial charge on any atom is 0.155 e. The third-order valence-electron chi connectivity index (χ3n) is 2.80. The van der Waals surface area contributed by atoms with Gasteiger partial charge in [-0.15, -0.1) is 0 Å². The summed E-state index contributed by atoms with van der Waals surface area (Å²) in [7, 11) is 0. The molecule has 0 N–H and O–H groups in total. The van der Waals surface area contributed by atoms with Crippen LogP contribution in [0.2, 0.25) is 5.15 Å². The fourth-order valence-electron chi connectivity index (χ4n) is 1.92. The van der Waals surface area contributed by atoms with E-state index in [9.17, 15) is 0 Å². The molecule has 1 aromatic carbocycles. The molecule has 3 rings (SSSR count). The average Bonchev–Trinajstić information content (AvgIpc) is 2.39. The number of aromatic nitrogens is 2. The van der Waals surface area contributed by atoms with E-state index in [2.05, 4.69) is 9.97 Å². The molecule has 2 heterocycles. The average molecular weight is 247 g/mol. The van der Waals surface area contributed by atoms with E-state index in [4.69, 9.17) is 16.3 Å². The lowest BCUT2D eigenvalue weighted by Crippen LogP contribution is -2.06. The summed E-state index contributed by atoms with van der Waals surface area (Å²) in [4.78, 5) is 8.95. The summed E-state index contributed by atoms with van der Waals surface area (Å²) in [6.07, 6.45) is 2.86. The Balaban J connectivity index is 2.15. The number of halogens is 1. The van der Waals surface area contributed by atoms with Crippen LogP contribution in [0.1, 0.15) is 12.1 Å². The summed E-state index contributed by atoms with van der Waals surface area (Å²) in [6, 6.07) is 7.74. The molecule has 1 aromatic heterocycles. The smallest absolute Gasteiger partial charge is 0.155 e. The Morgan fingerprint density at radius 2 is 1.88 bits per heavy atom. The normalized spacial score (nSPS) is 15.9. The van der Waals surface area contributed by atoms with Crippen LogP contribution in [0.15, 0.2) is 30.3 Å². The van der Waals surface area contributed by atoms with Crippen LogP contribution in [-0.2, 0) is 4.74 Å². The third kappa shape index (κ3) is 2.04. The van der Waals surface area contributed by atoms with Gasteiger partial charge in [-0.2, -0.15) is 0 Å². The van der Waals surface area contributed by atoms with Crippen LogP contribution in [0.25, 0.3) is 16.6 Å². The second kappa shape index (κ2) is 4.43. The van der Waals surface area contributed by atoms with Crippen LogP contribution in [0.5, 0.6) is 0 Å². The van der Waals surface area contributed by atoms with E-state index in [1.165, 1.54) is 0 Å². The number of hydrogen-bond donors (Lipinski definition) is 0. The molecule has 2 aromatic rings. The van der Waals surface area contributed by atoms with E-state index in [-0.39, 0.29) is 0 Å². The van der Waals surface area contributed by atoms with E-state index < -0.39 is 0 Å². The Morgan fingerprint density at radius 1 is 1.12 bits per heavy atom. The summed E-state index contributed by atoms with van der Waals surface area (Å²) in [5.41, 5.74) is 3.61. The number of nitrogens with zero attached hydrogens (tertiary/aromatic N) is 2. The minimum atomic E-state index is 0.469. The summed E-state index contributed by atoms with van der Waals surface area (Å²) in [5, 5.41) is 0.469. The fraction of sp³-hybridized carbons (Fsp3) is 0.231. The lowest BCUT2D eigenvalue weighted by molar-refractivity contribution is 0.161. The van der Waals surface area contributed by atoms with Crippen molar-refractivity contribution in [3.63, 3.8) is 0 Å². The predicted molar refractivity (Wildman–Crippen MR) is 68.0 cm³/mol. The number of rotatable bonds is 1. The standard InChI is InChI=1S/C13H11ClN2O/c14-13-12(9-5-7-17-8-6-9)15-10-3-1-2-4-11(10)16-13/h1-5H,6-8H2. The van der Waals surface area contributed by atoms with E-state index in [0.717, 1.165) is 35.3 Å². The zero-order valence-corrected chi connectivity index (χ0v) is 9.94. The van der Waals surface area contributed by atoms with Gasteiger partial charge in [-0.1, -0.05) is 29.8 Å². The third-order valence-corrected chi connectivity index (χ3v) is 3.06. The van der Waals surface area contributed by atoms with E-state index >= 15 is 0 Å². The molecule has 3 nitrogen and oxygen atoms in total. The molecule has 0 atom stereocenters. The monoisotopic (exact) mass is 246 g/mol. The van der Waals surface area contributed by atoms with Crippen molar-refractivity contribution in [3.8, 4) is 0 Å². The van der Waals surface area contributed by atoms with Crippen molar-refractivity contribution in [1.82, 2.24) is 9.97 Å². The molecule has 0 saturated carbocycles. The molecule has 0 unspecified atom stereocenters. The minimum absolute atomic E-state index is 0.469.